The number of hydrogen-bond acceptors (Lipinski definition) is 3. The normalized spacial score (nSPS) is 10.2. The molecule has 0 aliphatic carbocycles. The fourth-order valence-corrected chi connectivity index (χ4v) is 1.23. The highest BCUT2D eigenvalue weighted by atomic mass is 16.6. The topological polar surface area (TPSA) is 44.1 Å². The van der Waals surface area contributed by atoms with E-state index < -0.39 is 0 Å². The summed E-state index contributed by atoms with van der Waals surface area (Å²) in [5, 5.41) is 0. The molecular formula is C9H8N2O2. The van der Waals surface area contributed by atoms with Crippen LogP contribution in [0, 0.1) is 0 Å². The largest absolute Gasteiger partial charge is 0.413 e. The van der Waals surface area contributed by atoms with E-state index in [1.54, 1.807) is 24.4 Å². The molecule has 2 aromatic heterocycles. The summed E-state index contributed by atoms with van der Waals surface area (Å²) < 4.78 is 1.21. The number of fused-ring (bicyclic) bond motifs is 1. The third-order valence-corrected chi connectivity index (χ3v) is 1.80. The Hall–Kier alpha value is -1.84. The zero-order valence-corrected chi connectivity index (χ0v) is 7.10. The Morgan fingerprint density at radius 2 is 2.23 bits per heavy atom. The SMILES string of the molecule is COn1c(=O)ccc2ncccc21. The van der Waals surface area contributed by atoms with Crippen LogP contribution < -0.4 is 10.4 Å². The van der Waals surface area contributed by atoms with E-state index >= 15 is 0 Å². The maximum absolute atomic E-state index is 11.3. The van der Waals surface area contributed by atoms with Crippen LogP contribution >= 0.6 is 0 Å². The van der Waals surface area contributed by atoms with Gasteiger partial charge in [-0.2, -0.15) is 0 Å². The molecule has 13 heavy (non-hydrogen) atoms. The fraction of sp³-hybridized carbons (Fsp3) is 0.111. The molecule has 0 spiro atoms. The second kappa shape index (κ2) is 2.90. The Balaban J connectivity index is 2.92. The van der Waals surface area contributed by atoms with Crippen molar-refractivity contribution in [3.05, 3.63) is 40.8 Å². The van der Waals surface area contributed by atoms with Crippen LogP contribution in [-0.4, -0.2) is 16.8 Å². The molecule has 2 aromatic rings. The summed E-state index contributed by atoms with van der Waals surface area (Å²) >= 11 is 0. The van der Waals surface area contributed by atoms with Gasteiger partial charge in [-0.1, -0.05) is 0 Å². The lowest BCUT2D eigenvalue weighted by Gasteiger charge is -2.05. The lowest BCUT2D eigenvalue weighted by Crippen LogP contribution is -2.24. The highest BCUT2D eigenvalue weighted by Crippen LogP contribution is 2.05. The van der Waals surface area contributed by atoms with Crippen molar-refractivity contribution in [2.45, 2.75) is 0 Å². The molecule has 0 N–H and O–H groups in total. The third-order valence-electron chi connectivity index (χ3n) is 1.80. The van der Waals surface area contributed by atoms with Crippen LogP contribution in [-0.2, 0) is 0 Å². The molecule has 0 saturated carbocycles. The van der Waals surface area contributed by atoms with Gasteiger partial charge in [-0.25, -0.2) is 0 Å². The average molecular weight is 176 g/mol. The molecule has 0 aliphatic heterocycles. The molecule has 0 unspecified atom stereocenters. The van der Waals surface area contributed by atoms with Crippen molar-refractivity contribution >= 4 is 11.0 Å². The van der Waals surface area contributed by atoms with Gasteiger partial charge in [0.25, 0.3) is 5.56 Å². The molecule has 2 rings (SSSR count). The second-order valence-corrected chi connectivity index (χ2v) is 2.56. The monoisotopic (exact) mass is 176 g/mol. The van der Waals surface area contributed by atoms with Crippen molar-refractivity contribution in [3.63, 3.8) is 0 Å². The van der Waals surface area contributed by atoms with Gasteiger partial charge in [0.2, 0.25) is 0 Å². The predicted octanol–water partition coefficient (Wildman–Crippen LogP) is 0.455. The number of hydrogen-bond donors (Lipinski definition) is 0. The lowest BCUT2D eigenvalue weighted by molar-refractivity contribution is 0.169. The van der Waals surface area contributed by atoms with Gasteiger partial charge in [0, 0.05) is 12.3 Å². The molecule has 0 bridgehead atoms. The first-order chi connectivity index (χ1) is 6.33. The van der Waals surface area contributed by atoms with Crippen LogP contribution in [0.15, 0.2) is 35.3 Å². The van der Waals surface area contributed by atoms with E-state index in [2.05, 4.69) is 4.98 Å². The summed E-state index contributed by atoms with van der Waals surface area (Å²) in [5.41, 5.74) is 1.23. The van der Waals surface area contributed by atoms with Gasteiger partial charge < -0.3 is 4.84 Å². The van der Waals surface area contributed by atoms with Crippen LogP contribution in [0.5, 0.6) is 0 Å². The van der Waals surface area contributed by atoms with Crippen LogP contribution in [0.4, 0.5) is 0 Å². The molecule has 0 atom stereocenters. The maximum Gasteiger partial charge on any atom is 0.283 e. The maximum atomic E-state index is 11.3. The molecule has 4 heteroatoms. The molecule has 4 nitrogen and oxygen atoms in total. The summed E-state index contributed by atoms with van der Waals surface area (Å²) in [6.45, 7) is 0. The van der Waals surface area contributed by atoms with E-state index in [4.69, 9.17) is 4.84 Å². The minimum atomic E-state index is -0.192. The minimum Gasteiger partial charge on any atom is -0.413 e. The van der Waals surface area contributed by atoms with Crippen molar-refractivity contribution in [1.82, 2.24) is 9.71 Å². The Bertz CT molecular complexity index is 490. The molecule has 0 saturated heterocycles. The van der Waals surface area contributed by atoms with Crippen molar-refractivity contribution in [2.75, 3.05) is 7.11 Å². The molecule has 0 aliphatic rings. The average Bonchev–Trinajstić information content (AvgIpc) is 2.18. The van der Waals surface area contributed by atoms with Gasteiger partial charge >= 0.3 is 0 Å². The lowest BCUT2D eigenvalue weighted by atomic mass is 10.3. The van der Waals surface area contributed by atoms with Crippen LogP contribution in [0.1, 0.15) is 0 Å². The van der Waals surface area contributed by atoms with Gasteiger partial charge in [-0.15, -0.1) is 4.73 Å². The summed E-state index contributed by atoms with van der Waals surface area (Å²) in [4.78, 5) is 20.3. The number of nitrogens with zero attached hydrogens (tertiary/aromatic N) is 2. The molecule has 66 valence electrons. The van der Waals surface area contributed by atoms with Crippen molar-refractivity contribution < 1.29 is 4.84 Å². The van der Waals surface area contributed by atoms with E-state index in [0.717, 1.165) is 5.52 Å². The zero-order chi connectivity index (χ0) is 9.26. The van der Waals surface area contributed by atoms with Crippen molar-refractivity contribution in [3.8, 4) is 0 Å². The van der Waals surface area contributed by atoms with Crippen LogP contribution in [0.25, 0.3) is 11.0 Å². The Morgan fingerprint density at radius 3 is 3.00 bits per heavy atom. The van der Waals surface area contributed by atoms with Gasteiger partial charge in [0.15, 0.2) is 0 Å². The van der Waals surface area contributed by atoms with Gasteiger partial charge in [0.1, 0.15) is 12.6 Å². The zero-order valence-electron chi connectivity index (χ0n) is 7.10. The van der Waals surface area contributed by atoms with E-state index in [-0.39, 0.29) is 5.56 Å². The van der Waals surface area contributed by atoms with E-state index in [1.165, 1.54) is 17.9 Å². The quantitative estimate of drug-likeness (QED) is 0.633. The minimum absolute atomic E-state index is 0.192. The molecule has 0 radical (unpaired) electrons. The van der Waals surface area contributed by atoms with Crippen LogP contribution in [0.3, 0.4) is 0 Å². The standard InChI is InChI=1S/C9H8N2O2/c1-13-11-8-3-2-6-10-7(8)4-5-9(11)12/h2-6H,1H3. The summed E-state index contributed by atoms with van der Waals surface area (Å²) in [7, 11) is 1.45. The Kier molecular flexibility index (Phi) is 1.73. The first kappa shape index (κ1) is 7.79. The molecule has 2 heterocycles. The Labute approximate surface area is 74.4 Å². The number of pyridine rings is 2. The highest BCUT2D eigenvalue weighted by molar-refractivity contribution is 5.73. The van der Waals surface area contributed by atoms with E-state index in [0.29, 0.717) is 5.52 Å². The Morgan fingerprint density at radius 1 is 1.38 bits per heavy atom. The summed E-state index contributed by atoms with van der Waals surface area (Å²) in [6, 6.07) is 6.65. The molecule has 0 amide bonds. The first-order valence-electron chi connectivity index (χ1n) is 3.84. The second-order valence-electron chi connectivity index (χ2n) is 2.56. The molecule has 0 aromatic carbocycles. The third kappa shape index (κ3) is 1.16. The number of aromatic nitrogens is 2. The summed E-state index contributed by atoms with van der Waals surface area (Å²) in [5.74, 6) is 0. The van der Waals surface area contributed by atoms with Crippen molar-refractivity contribution in [1.29, 1.82) is 0 Å². The first-order valence-corrected chi connectivity index (χ1v) is 3.84. The van der Waals surface area contributed by atoms with E-state index in [9.17, 15) is 4.79 Å². The van der Waals surface area contributed by atoms with E-state index in [1.807, 2.05) is 0 Å². The van der Waals surface area contributed by atoms with Crippen molar-refractivity contribution in [2.24, 2.45) is 0 Å². The van der Waals surface area contributed by atoms with Gasteiger partial charge in [-0.3, -0.25) is 9.78 Å². The summed E-state index contributed by atoms with van der Waals surface area (Å²) in [6.07, 6.45) is 1.67. The highest BCUT2D eigenvalue weighted by Gasteiger charge is 2.01. The molecular weight excluding hydrogens is 168 g/mol. The predicted molar refractivity (Wildman–Crippen MR) is 48.5 cm³/mol. The smallest absolute Gasteiger partial charge is 0.283 e. The fourth-order valence-electron chi connectivity index (χ4n) is 1.23. The molecule has 0 fully saturated rings. The number of rotatable bonds is 1. The van der Waals surface area contributed by atoms with Crippen LogP contribution in [0.2, 0.25) is 0 Å². The van der Waals surface area contributed by atoms with Gasteiger partial charge in [-0.05, 0) is 18.2 Å². The van der Waals surface area contributed by atoms with Gasteiger partial charge in [0.05, 0.1) is 5.52 Å².